The number of carbonyl (C=O) groups is 4. The quantitative estimate of drug-likeness (QED) is 0.709. The van der Waals surface area contributed by atoms with E-state index in [0.717, 1.165) is 4.90 Å². The number of carbonyl (C=O) groups excluding carboxylic acids is 4. The topological polar surface area (TPSA) is 128 Å². The zero-order chi connectivity index (χ0) is 19.3. The number of amides is 4. The van der Waals surface area contributed by atoms with Gasteiger partial charge in [-0.25, -0.2) is 0 Å². The van der Waals surface area contributed by atoms with Gasteiger partial charge in [-0.3, -0.25) is 29.4 Å². The fourth-order valence-electron chi connectivity index (χ4n) is 3.66. The Bertz CT molecular complexity index is 861. The molecule has 0 spiro atoms. The van der Waals surface area contributed by atoms with Gasteiger partial charge in [0, 0.05) is 18.5 Å². The number of ether oxygens (including phenoxy) is 2. The highest BCUT2D eigenvalue weighted by Gasteiger charge is 2.46. The van der Waals surface area contributed by atoms with Crippen LogP contribution in [0.2, 0.25) is 0 Å². The summed E-state index contributed by atoms with van der Waals surface area (Å²) in [5.74, 6) is -1.66. The van der Waals surface area contributed by atoms with Gasteiger partial charge in [0.05, 0.1) is 18.2 Å². The summed E-state index contributed by atoms with van der Waals surface area (Å²) in [4.78, 5) is 50.1. The summed E-state index contributed by atoms with van der Waals surface area (Å²) in [5.41, 5.74) is 5.99. The highest BCUT2D eigenvalue weighted by molar-refractivity contribution is 6.24. The van der Waals surface area contributed by atoms with Gasteiger partial charge in [-0.05, 0) is 25.3 Å². The van der Waals surface area contributed by atoms with Crippen LogP contribution < -0.4 is 20.5 Å². The molecule has 1 atom stereocenters. The number of nitrogens with zero attached hydrogens (tertiary/aromatic N) is 1. The van der Waals surface area contributed by atoms with E-state index in [2.05, 4.69) is 5.32 Å². The Labute approximate surface area is 154 Å². The fraction of sp³-hybridized carbons (Fsp3) is 0.444. The molecule has 142 valence electrons. The molecule has 1 saturated carbocycles. The second-order valence-corrected chi connectivity index (χ2v) is 6.97. The van der Waals surface area contributed by atoms with Crippen molar-refractivity contribution in [3.05, 3.63) is 23.3 Å². The molecule has 9 heteroatoms. The maximum Gasteiger partial charge on any atom is 0.266 e. The third-order valence-corrected chi connectivity index (χ3v) is 5.13. The molecule has 0 aromatic heterocycles. The molecule has 2 fully saturated rings. The molecule has 9 nitrogen and oxygen atoms in total. The highest BCUT2D eigenvalue weighted by Crippen LogP contribution is 2.38. The Balaban J connectivity index is 1.65. The number of hydrogen-bond donors (Lipinski definition) is 2. The van der Waals surface area contributed by atoms with Crippen molar-refractivity contribution in [1.29, 1.82) is 0 Å². The zero-order valence-corrected chi connectivity index (χ0v) is 14.7. The molecule has 3 N–H and O–H groups in total. The number of benzene rings is 1. The van der Waals surface area contributed by atoms with E-state index in [4.69, 9.17) is 15.2 Å². The van der Waals surface area contributed by atoms with Crippen LogP contribution in [0.15, 0.2) is 12.1 Å². The van der Waals surface area contributed by atoms with Crippen LogP contribution in [0.5, 0.6) is 11.5 Å². The van der Waals surface area contributed by atoms with Gasteiger partial charge in [0.1, 0.15) is 23.6 Å². The number of imide groups is 2. The largest absolute Gasteiger partial charge is 0.496 e. The average Bonchev–Trinajstić information content (AvgIpc) is 2.84. The first kappa shape index (κ1) is 17.5. The van der Waals surface area contributed by atoms with Crippen LogP contribution in [0.25, 0.3) is 0 Å². The maximum atomic E-state index is 12.9. The Morgan fingerprint density at radius 3 is 2.52 bits per heavy atom. The van der Waals surface area contributed by atoms with E-state index in [1.807, 2.05) is 0 Å². The normalized spacial score (nSPS) is 27.2. The Morgan fingerprint density at radius 2 is 1.89 bits per heavy atom. The molecule has 1 unspecified atom stereocenters. The average molecular weight is 373 g/mol. The minimum absolute atomic E-state index is 0.0406. The summed E-state index contributed by atoms with van der Waals surface area (Å²) in [6.45, 7) is 0. The van der Waals surface area contributed by atoms with Gasteiger partial charge in [0.2, 0.25) is 11.8 Å². The first-order valence-corrected chi connectivity index (χ1v) is 8.75. The minimum atomic E-state index is -1.02. The molecule has 3 aliphatic rings. The molecule has 27 heavy (non-hydrogen) atoms. The van der Waals surface area contributed by atoms with Crippen molar-refractivity contribution in [2.24, 2.45) is 5.73 Å². The Kier molecular flexibility index (Phi) is 4.11. The lowest BCUT2D eigenvalue weighted by Gasteiger charge is -2.32. The highest BCUT2D eigenvalue weighted by atomic mass is 16.5. The van der Waals surface area contributed by atoms with Gasteiger partial charge in [0.15, 0.2) is 0 Å². The Morgan fingerprint density at radius 1 is 1.15 bits per heavy atom. The van der Waals surface area contributed by atoms with Crippen molar-refractivity contribution in [2.75, 3.05) is 7.11 Å². The van der Waals surface area contributed by atoms with E-state index in [1.165, 1.54) is 13.2 Å². The summed E-state index contributed by atoms with van der Waals surface area (Å²) < 4.78 is 11.1. The predicted octanol–water partition coefficient (Wildman–Crippen LogP) is -0.0351. The van der Waals surface area contributed by atoms with Crippen LogP contribution in [-0.4, -0.2) is 53.8 Å². The van der Waals surface area contributed by atoms with Crippen molar-refractivity contribution in [3.8, 4) is 11.5 Å². The van der Waals surface area contributed by atoms with Gasteiger partial charge in [0.25, 0.3) is 11.8 Å². The lowest BCUT2D eigenvalue weighted by Crippen LogP contribution is -2.54. The standard InChI is InChI=1S/C18H19N3O6/c1-26-13-7-10(27-9-4-8(19)5-9)6-11-15(13)18(25)21(17(11)24)12-2-3-14(22)20-16(12)23/h6-9,12H,2-5,19H2,1H3,(H,20,22,23). The van der Waals surface area contributed by atoms with E-state index in [1.54, 1.807) is 6.07 Å². The van der Waals surface area contributed by atoms with Gasteiger partial charge in [-0.2, -0.15) is 0 Å². The molecular formula is C18H19N3O6. The third-order valence-electron chi connectivity index (χ3n) is 5.13. The number of fused-ring (bicyclic) bond motifs is 1. The van der Waals surface area contributed by atoms with Crippen LogP contribution in [-0.2, 0) is 9.59 Å². The molecule has 1 aliphatic carbocycles. The number of nitrogens with two attached hydrogens (primary N) is 1. The summed E-state index contributed by atoms with van der Waals surface area (Å²) in [6.07, 6.45) is 1.56. The summed E-state index contributed by atoms with van der Waals surface area (Å²) >= 11 is 0. The number of rotatable bonds is 4. The van der Waals surface area contributed by atoms with Crippen molar-refractivity contribution in [3.63, 3.8) is 0 Å². The fourth-order valence-corrected chi connectivity index (χ4v) is 3.66. The molecular weight excluding hydrogens is 354 g/mol. The third kappa shape index (κ3) is 2.84. The summed E-state index contributed by atoms with van der Waals surface area (Å²) in [5, 5.41) is 2.17. The van der Waals surface area contributed by atoms with E-state index < -0.39 is 29.7 Å². The number of methoxy groups -OCH3 is 1. The molecule has 1 aromatic rings. The monoisotopic (exact) mass is 373 g/mol. The second-order valence-electron chi connectivity index (χ2n) is 6.97. The van der Waals surface area contributed by atoms with Crippen LogP contribution in [0.1, 0.15) is 46.4 Å². The lowest BCUT2D eigenvalue weighted by molar-refractivity contribution is -0.136. The van der Waals surface area contributed by atoms with Crippen LogP contribution in [0, 0.1) is 0 Å². The van der Waals surface area contributed by atoms with E-state index in [9.17, 15) is 19.2 Å². The minimum Gasteiger partial charge on any atom is -0.496 e. The molecule has 2 heterocycles. The van der Waals surface area contributed by atoms with Crippen molar-refractivity contribution in [1.82, 2.24) is 10.2 Å². The first-order chi connectivity index (χ1) is 12.9. The maximum absolute atomic E-state index is 12.9. The SMILES string of the molecule is COc1cc(OC2CC(N)C2)cc2c1C(=O)N(C1CCC(=O)NC1=O)C2=O. The van der Waals surface area contributed by atoms with E-state index in [0.29, 0.717) is 18.6 Å². The van der Waals surface area contributed by atoms with Gasteiger partial charge in [-0.1, -0.05) is 0 Å². The second kappa shape index (κ2) is 6.34. The molecule has 1 saturated heterocycles. The summed E-state index contributed by atoms with van der Waals surface area (Å²) in [6, 6.07) is 2.14. The van der Waals surface area contributed by atoms with Crippen molar-refractivity contribution < 1.29 is 28.7 Å². The first-order valence-electron chi connectivity index (χ1n) is 8.75. The summed E-state index contributed by atoms with van der Waals surface area (Å²) in [7, 11) is 1.39. The lowest BCUT2D eigenvalue weighted by atomic mass is 9.90. The van der Waals surface area contributed by atoms with Gasteiger partial charge in [-0.15, -0.1) is 0 Å². The van der Waals surface area contributed by atoms with Crippen LogP contribution >= 0.6 is 0 Å². The van der Waals surface area contributed by atoms with Crippen molar-refractivity contribution >= 4 is 23.6 Å². The number of hydrogen-bond acceptors (Lipinski definition) is 7. The predicted molar refractivity (Wildman–Crippen MR) is 91.3 cm³/mol. The zero-order valence-electron chi connectivity index (χ0n) is 14.7. The van der Waals surface area contributed by atoms with E-state index >= 15 is 0 Å². The van der Waals surface area contributed by atoms with Gasteiger partial charge >= 0.3 is 0 Å². The smallest absolute Gasteiger partial charge is 0.266 e. The molecule has 4 amide bonds. The van der Waals surface area contributed by atoms with Crippen LogP contribution in [0.3, 0.4) is 0 Å². The molecule has 0 bridgehead atoms. The Hall–Kier alpha value is -2.94. The van der Waals surface area contributed by atoms with Crippen molar-refractivity contribution in [2.45, 2.75) is 43.9 Å². The molecule has 0 radical (unpaired) electrons. The molecule has 2 aliphatic heterocycles. The number of piperidine rings is 1. The van der Waals surface area contributed by atoms with E-state index in [-0.39, 0.29) is 41.9 Å². The molecule has 4 rings (SSSR count). The molecule has 1 aromatic carbocycles. The van der Waals surface area contributed by atoms with Gasteiger partial charge < -0.3 is 15.2 Å². The van der Waals surface area contributed by atoms with Crippen LogP contribution in [0.4, 0.5) is 0 Å². The number of nitrogens with one attached hydrogen (secondary N) is 1.